The monoisotopic (exact) mass is 373 g/mol. The van der Waals surface area contributed by atoms with E-state index in [1.807, 2.05) is 18.5 Å². The van der Waals surface area contributed by atoms with Crippen LogP contribution in [0.2, 0.25) is 0 Å². The summed E-state index contributed by atoms with van der Waals surface area (Å²) < 4.78 is 2.25. The van der Waals surface area contributed by atoms with E-state index in [-0.39, 0.29) is 0 Å². The lowest BCUT2D eigenvalue weighted by atomic mass is 9.84. The van der Waals surface area contributed by atoms with Crippen molar-refractivity contribution in [1.29, 1.82) is 0 Å². The van der Waals surface area contributed by atoms with Crippen LogP contribution in [0.1, 0.15) is 29.3 Å². The number of aryl methyl sites for hydroxylation is 1. The number of hydrogen-bond acceptors (Lipinski definition) is 4. The summed E-state index contributed by atoms with van der Waals surface area (Å²) in [6.07, 6.45) is 7.06. The highest BCUT2D eigenvalue weighted by Crippen LogP contribution is 2.35. The quantitative estimate of drug-likeness (QED) is 0.737. The summed E-state index contributed by atoms with van der Waals surface area (Å²) in [4.78, 5) is 6.87. The molecule has 2 fully saturated rings. The second-order valence-electron chi connectivity index (χ2n) is 8.00. The smallest absolute Gasteiger partial charge is 0.0636 e. The van der Waals surface area contributed by atoms with Crippen LogP contribution in [0.25, 0.3) is 5.69 Å². The van der Waals surface area contributed by atoms with Gasteiger partial charge in [-0.15, -0.1) is 0 Å². The molecule has 0 spiro atoms. The molecule has 2 N–H and O–H groups in total. The third-order valence-electron chi connectivity index (χ3n) is 6.26. The van der Waals surface area contributed by atoms with E-state index >= 15 is 0 Å². The largest absolute Gasteiger partial charge is 0.318 e. The minimum Gasteiger partial charge on any atom is -0.318 e. The second kappa shape index (κ2) is 7.51. The molecule has 0 bridgehead atoms. The van der Waals surface area contributed by atoms with Crippen LogP contribution in [-0.4, -0.2) is 33.6 Å². The van der Waals surface area contributed by atoms with Crippen LogP contribution in [-0.2, 0) is 6.54 Å². The van der Waals surface area contributed by atoms with E-state index in [9.17, 15) is 0 Å². The van der Waals surface area contributed by atoms with Crippen LogP contribution >= 0.6 is 0 Å². The first kappa shape index (κ1) is 17.6. The average Bonchev–Trinajstić information content (AvgIpc) is 3.36. The molecule has 144 valence electrons. The Labute approximate surface area is 166 Å². The molecule has 2 saturated heterocycles. The van der Waals surface area contributed by atoms with Crippen molar-refractivity contribution in [3.8, 4) is 5.69 Å². The lowest BCUT2D eigenvalue weighted by molar-refractivity contribution is 0.146. The SMILES string of the molecule is Cc1ccccc1C1NNC2CCN(Cc3cccn3-c3cccnc3)CC21. The number of pyridine rings is 1. The Morgan fingerprint density at radius 3 is 2.86 bits per heavy atom. The van der Waals surface area contributed by atoms with Gasteiger partial charge in [-0.2, -0.15) is 0 Å². The molecule has 3 unspecified atom stereocenters. The first-order valence-corrected chi connectivity index (χ1v) is 10.1. The number of nitrogens with zero attached hydrogens (tertiary/aromatic N) is 3. The summed E-state index contributed by atoms with van der Waals surface area (Å²) in [6.45, 7) is 5.40. The van der Waals surface area contributed by atoms with Gasteiger partial charge in [-0.05, 0) is 48.7 Å². The number of fused-ring (bicyclic) bond motifs is 1. The highest BCUT2D eigenvalue weighted by molar-refractivity contribution is 5.32. The van der Waals surface area contributed by atoms with E-state index in [1.165, 1.54) is 23.2 Å². The fourth-order valence-corrected chi connectivity index (χ4v) is 4.78. The molecular weight excluding hydrogens is 346 g/mol. The minimum atomic E-state index is 0.374. The number of likely N-dealkylation sites (tertiary alicyclic amines) is 1. The van der Waals surface area contributed by atoms with E-state index in [0.717, 1.165) is 25.3 Å². The first-order chi connectivity index (χ1) is 13.8. The minimum absolute atomic E-state index is 0.374. The van der Waals surface area contributed by atoms with Gasteiger partial charge in [0, 0.05) is 49.7 Å². The zero-order valence-electron chi connectivity index (χ0n) is 16.3. The molecular formula is C23H27N5. The molecule has 0 amide bonds. The normalized spacial score (nSPS) is 25.0. The standard InChI is InChI=1S/C23H27N5/c1-17-6-2-3-9-20(17)23-21-16-27(13-10-22(21)25-26-23)15-19-8-5-12-28(19)18-7-4-11-24-14-18/h2-9,11-12,14,21-23,25-26H,10,13,15-16H2,1H3. The lowest BCUT2D eigenvalue weighted by Crippen LogP contribution is -2.45. The van der Waals surface area contributed by atoms with Crippen molar-refractivity contribution < 1.29 is 0 Å². The zero-order valence-corrected chi connectivity index (χ0v) is 16.3. The maximum atomic E-state index is 4.27. The number of benzene rings is 1. The Hall–Kier alpha value is -2.47. The Kier molecular flexibility index (Phi) is 4.72. The van der Waals surface area contributed by atoms with Crippen molar-refractivity contribution in [3.05, 3.63) is 83.9 Å². The third kappa shape index (κ3) is 3.26. The Bertz CT molecular complexity index is 935. The van der Waals surface area contributed by atoms with Gasteiger partial charge in [0.25, 0.3) is 0 Å². The van der Waals surface area contributed by atoms with Gasteiger partial charge in [-0.25, -0.2) is 5.43 Å². The summed E-state index contributed by atoms with van der Waals surface area (Å²) >= 11 is 0. The molecule has 2 aliphatic heterocycles. The molecule has 5 nitrogen and oxygen atoms in total. The highest BCUT2D eigenvalue weighted by Gasteiger charge is 2.40. The van der Waals surface area contributed by atoms with Crippen LogP contribution < -0.4 is 10.9 Å². The van der Waals surface area contributed by atoms with Gasteiger partial charge in [-0.3, -0.25) is 15.3 Å². The summed E-state index contributed by atoms with van der Waals surface area (Å²) in [5, 5.41) is 0. The van der Waals surface area contributed by atoms with Crippen molar-refractivity contribution in [2.45, 2.75) is 32.0 Å². The van der Waals surface area contributed by atoms with Crippen LogP contribution in [0, 0.1) is 12.8 Å². The van der Waals surface area contributed by atoms with Crippen molar-refractivity contribution in [1.82, 2.24) is 25.3 Å². The molecule has 0 saturated carbocycles. The van der Waals surface area contributed by atoms with Crippen LogP contribution in [0.4, 0.5) is 0 Å². The zero-order chi connectivity index (χ0) is 18.9. The van der Waals surface area contributed by atoms with Gasteiger partial charge in [-0.1, -0.05) is 24.3 Å². The van der Waals surface area contributed by atoms with E-state index in [4.69, 9.17) is 0 Å². The molecule has 4 heterocycles. The number of hydrogen-bond donors (Lipinski definition) is 2. The fourth-order valence-electron chi connectivity index (χ4n) is 4.78. The Morgan fingerprint density at radius 1 is 1.07 bits per heavy atom. The maximum absolute atomic E-state index is 4.27. The van der Waals surface area contributed by atoms with E-state index in [0.29, 0.717) is 18.0 Å². The predicted octanol–water partition coefficient (Wildman–Crippen LogP) is 3.22. The summed E-state index contributed by atoms with van der Waals surface area (Å²) in [5.41, 5.74) is 12.4. The van der Waals surface area contributed by atoms with Crippen molar-refractivity contribution >= 4 is 0 Å². The number of nitrogens with one attached hydrogen (secondary N) is 2. The van der Waals surface area contributed by atoms with E-state index in [2.05, 4.69) is 80.9 Å². The highest BCUT2D eigenvalue weighted by atomic mass is 15.4. The molecule has 2 aliphatic rings. The number of aromatic nitrogens is 2. The molecule has 2 aromatic heterocycles. The first-order valence-electron chi connectivity index (χ1n) is 10.1. The summed E-state index contributed by atoms with van der Waals surface area (Å²) in [7, 11) is 0. The fraction of sp³-hybridized carbons (Fsp3) is 0.348. The van der Waals surface area contributed by atoms with Crippen LogP contribution in [0.15, 0.2) is 67.1 Å². The van der Waals surface area contributed by atoms with Crippen molar-refractivity contribution in [2.24, 2.45) is 5.92 Å². The molecule has 1 aromatic carbocycles. The Morgan fingerprint density at radius 2 is 2.00 bits per heavy atom. The Balaban J connectivity index is 1.34. The van der Waals surface area contributed by atoms with Crippen molar-refractivity contribution in [3.63, 3.8) is 0 Å². The van der Waals surface area contributed by atoms with Crippen LogP contribution in [0.5, 0.6) is 0 Å². The van der Waals surface area contributed by atoms with Crippen LogP contribution in [0.3, 0.4) is 0 Å². The van der Waals surface area contributed by atoms with Gasteiger partial charge in [0.05, 0.1) is 17.9 Å². The molecule has 5 heteroatoms. The van der Waals surface area contributed by atoms with Gasteiger partial charge >= 0.3 is 0 Å². The summed E-state index contributed by atoms with van der Waals surface area (Å²) in [6, 6.07) is 18.1. The number of rotatable bonds is 4. The van der Waals surface area contributed by atoms with Gasteiger partial charge in [0.2, 0.25) is 0 Å². The molecule has 3 atom stereocenters. The van der Waals surface area contributed by atoms with Gasteiger partial charge < -0.3 is 4.57 Å². The molecule has 0 radical (unpaired) electrons. The number of piperidine rings is 1. The molecule has 5 rings (SSSR count). The topological polar surface area (TPSA) is 45.1 Å². The average molecular weight is 374 g/mol. The predicted molar refractivity (Wildman–Crippen MR) is 111 cm³/mol. The van der Waals surface area contributed by atoms with Gasteiger partial charge in [0.1, 0.15) is 0 Å². The second-order valence-corrected chi connectivity index (χ2v) is 8.00. The lowest BCUT2D eigenvalue weighted by Gasteiger charge is -2.36. The third-order valence-corrected chi connectivity index (χ3v) is 6.26. The maximum Gasteiger partial charge on any atom is 0.0636 e. The van der Waals surface area contributed by atoms with Gasteiger partial charge in [0.15, 0.2) is 0 Å². The molecule has 0 aliphatic carbocycles. The van der Waals surface area contributed by atoms with E-state index in [1.54, 1.807) is 0 Å². The number of hydrazine groups is 1. The van der Waals surface area contributed by atoms with Crippen molar-refractivity contribution in [2.75, 3.05) is 13.1 Å². The molecule has 28 heavy (non-hydrogen) atoms. The van der Waals surface area contributed by atoms with E-state index < -0.39 is 0 Å². The summed E-state index contributed by atoms with van der Waals surface area (Å²) in [5.74, 6) is 0.580. The molecule has 3 aromatic rings.